The summed E-state index contributed by atoms with van der Waals surface area (Å²) in [5.41, 5.74) is 1.25. The summed E-state index contributed by atoms with van der Waals surface area (Å²) in [4.78, 5) is 0. The van der Waals surface area contributed by atoms with Crippen molar-refractivity contribution >= 4 is 15.3 Å². The van der Waals surface area contributed by atoms with Gasteiger partial charge in [0.2, 0.25) is 0 Å². The van der Waals surface area contributed by atoms with Crippen LogP contribution in [0.4, 0.5) is 0 Å². The molecular formula is C7H5ClZr. The minimum absolute atomic E-state index is 0.802. The molecule has 0 saturated heterocycles. The first-order valence-corrected chi connectivity index (χ1v) is 4.38. The van der Waals surface area contributed by atoms with E-state index < -0.39 is 0 Å². The molecule has 0 unspecified atom stereocenters. The van der Waals surface area contributed by atoms with Crippen molar-refractivity contribution < 1.29 is 24.2 Å². The van der Waals surface area contributed by atoms with Crippen molar-refractivity contribution in [2.45, 2.75) is 0 Å². The van der Waals surface area contributed by atoms with Crippen molar-refractivity contribution in [1.29, 1.82) is 0 Å². The van der Waals surface area contributed by atoms with Crippen molar-refractivity contribution in [3.8, 4) is 0 Å². The Bertz CT molecular complexity index is 203. The molecule has 0 atom stereocenters. The van der Waals surface area contributed by atoms with Crippen molar-refractivity contribution in [2.24, 2.45) is 0 Å². The van der Waals surface area contributed by atoms with Gasteiger partial charge in [0.1, 0.15) is 0 Å². The van der Waals surface area contributed by atoms with Crippen molar-refractivity contribution in [2.75, 3.05) is 0 Å². The fourth-order valence-electron chi connectivity index (χ4n) is 0.559. The Hall–Kier alpha value is 0.263. The summed E-state index contributed by atoms with van der Waals surface area (Å²) < 4.78 is 2.13. The first-order valence-electron chi connectivity index (χ1n) is 2.59. The van der Waals surface area contributed by atoms with Gasteiger partial charge in [0.25, 0.3) is 0 Å². The zero-order valence-corrected chi connectivity index (χ0v) is 7.98. The van der Waals surface area contributed by atoms with E-state index in [0.717, 1.165) is 5.02 Å². The number of hydrogen-bond donors (Lipinski definition) is 0. The molecule has 1 aromatic rings. The fourth-order valence-corrected chi connectivity index (χ4v) is 1.16. The van der Waals surface area contributed by atoms with Gasteiger partial charge in [-0.2, -0.15) is 0 Å². The van der Waals surface area contributed by atoms with Crippen molar-refractivity contribution in [1.82, 2.24) is 0 Å². The molecule has 0 nitrogen and oxygen atoms in total. The molecule has 0 heterocycles. The maximum absolute atomic E-state index is 5.66. The number of benzene rings is 1. The third-order valence-electron chi connectivity index (χ3n) is 1.04. The van der Waals surface area contributed by atoms with Gasteiger partial charge in [-0.15, -0.1) is 0 Å². The van der Waals surface area contributed by atoms with E-state index in [2.05, 4.69) is 3.71 Å². The zero-order chi connectivity index (χ0) is 6.69. The molecule has 0 aliphatic carbocycles. The van der Waals surface area contributed by atoms with Gasteiger partial charge in [0.05, 0.1) is 0 Å². The SMILES string of the molecule is Clc1ccc([CH]=[Zr])cc1. The van der Waals surface area contributed by atoms with E-state index in [0.29, 0.717) is 0 Å². The van der Waals surface area contributed by atoms with Crippen LogP contribution in [0.25, 0.3) is 0 Å². The molecule has 0 aromatic heterocycles. The molecule has 0 saturated carbocycles. The van der Waals surface area contributed by atoms with Crippen LogP contribution in [0.1, 0.15) is 5.56 Å². The Morgan fingerprint density at radius 3 is 2.22 bits per heavy atom. The molecular weight excluding hydrogens is 211 g/mol. The normalized spacial score (nSPS) is 8.89. The maximum atomic E-state index is 5.66. The Labute approximate surface area is 74.2 Å². The van der Waals surface area contributed by atoms with Gasteiger partial charge in [-0.3, -0.25) is 0 Å². The van der Waals surface area contributed by atoms with Gasteiger partial charge in [-0.25, -0.2) is 0 Å². The van der Waals surface area contributed by atoms with Crippen LogP contribution in [-0.4, -0.2) is 3.71 Å². The molecule has 1 rings (SSSR count). The minimum atomic E-state index is 0.802. The van der Waals surface area contributed by atoms with E-state index in [4.69, 9.17) is 11.6 Å². The number of halogens is 1. The standard InChI is InChI=1S/C7H5Cl.Zr/c1-6-2-4-7(8)5-3-6;/h1-5H;. The van der Waals surface area contributed by atoms with Crippen molar-refractivity contribution in [3.05, 3.63) is 34.9 Å². The molecule has 9 heavy (non-hydrogen) atoms. The summed E-state index contributed by atoms with van der Waals surface area (Å²) in [6, 6.07) is 7.82. The van der Waals surface area contributed by atoms with Crippen molar-refractivity contribution in [3.63, 3.8) is 0 Å². The van der Waals surface area contributed by atoms with Crippen LogP contribution in [0.15, 0.2) is 24.3 Å². The van der Waals surface area contributed by atoms with Crippen LogP contribution in [-0.2, 0) is 24.2 Å². The van der Waals surface area contributed by atoms with Gasteiger partial charge in [-0.1, -0.05) is 0 Å². The van der Waals surface area contributed by atoms with Gasteiger partial charge in [0, 0.05) is 0 Å². The topological polar surface area (TPSA) is 0 Å². The Morgan fingerprint density at radius 1 is 1.22 bits per heavy atom. The third kappa shape index (κ3) is 2.16. The van der Waals surface area contributed by atoms with E-state index in [9.17, 15) is 0 Å². The Kier molecular flexibility index (Phi) is 2.81. The van der Waals surface area contributed by atoms with E-state index >= 15 is 0 Å². The van der Waals surface area contributed by atoms with Crippen LogP contribution in [0.5, 0.6) is 0 Å². The van der Waals surface area contributed by atoms with Gasteiger partial charge in [0.15, 0.2) is 0 Å². The molecule has 44 valence electrons. The Morgan fingerprint density at radius 2 is 1.78 bits per heavy atom. The molecule has 0 aliphatic heterocycles. The van der Waals surface area contributed by atoms with E-state index in [1.165, 1.54) is 29.8 Å². The molecule has 0 spiro atoms. The molecule has 2 heteroatoms. The molecule has 0 radical (unpaired) electrons. The van der Waals surface area contributed by atoms with E-state index in [1.54, 1.807) is 0 Å². The third-order valence-corrected chi connectivity index (χ3v) is 2.11. The monoisotopic (exact) mass is 214 g/mol. The second-order valence-corrected chi connectivity index (χ2v) is 2.84. The van der Waals surface area contributed by atoms with Crippen LogP contribution in [0, 0.1) is 0 Å². The second kappa shape index (κ2) is 3.44. The van der Waals surface area contributed by atoms with Crippen LogP contribution in [0.2, 0.25) is 5.02 Å². The molecule has 0 bridgehead atoms. The van der Waals surface area contributed by atoms with Gasteiger partial charge >= 0.3 is 74.4 Å². The second-order valence-electron chi connectivity index (χ2n) is 1.70. The van der Waals surface area contributed by atoms with Crippen LogP contribution < -0.4 is 0 Å². The average molecular weight is 216 g/mol. The average Bonchev–Trinajstić information content (AvgIpc) is 1.90. The molecule has 0 N–H and O–H groups in total. The first-order chi connectivity index (χ1) is 4.33. The van der Waals surface area contributed by atoms with Crippen LogP contribution >= 0.6 is 11.6 Å². The predicted molar refractivity (Wildman–Crippen MR) is 36.6 cm³/mol. The summed E-state index contributed by atoms with van der Waals surface area (Å²) in [6.45, 7) is 0. The fraction of sp³-hybridized carbons (Fsp3) is 0. The molecule has 0 amide bonds. The number of hydrogen-bond acceptors (Lipinski definition) is 0. The molecule has 0 fully saturated rings. The summed E-state index contributed by atoms with van der Waals surface area (Å²) in [5.74, 6) is 0. The molecule has 1 aromatic carbocycles. The summed E-state index contributed by atoms with van der Waals surface area (Å²) in [7, 11) is 0. The van der Waals surface area contributed by atoms with Gasteiger partial charge < -0.3 is 0 Å². The quantitative estimate of drug-likeness (QED) is 0.673. The van der Waals surface area contributed by atoms with E-state index in [-0.39, 0.29) is 0 Å². The Balaban J connectivity index is 3.01. The predicted octanol–water partition coefficient (Wildman–Crippen LogP) is 2.04. The van der Waals surface area contributed by atoms with Crippen LogP contribution in [0.3, 0.4) is 0 Å². The summed E-state index contributed by atoms with van der Waals surface area (Å²) in [6.07, 6.45) is 0. The summed E-state index contributed by atoms with van der Waals surface area (Å²) >= 11 is 7.08. The summed E-state index contributed by atoms with van der Waals surface area (Å²) in [5, 5.41) is 0.802. The zero-order valence-electron chi connectivity index (χ0n) is 4.76. The van der Waals surface area contributed by atoms with Gasteiger partial charge in [-0.05, 0) is 0 Å². The molecule has 0 aliphatic rings. The first kappa shape index (κ1) is 7.37. The number of rotatable bonds is 1. The van der Waals surface area contributed by atoms with E-state index in [1.807, 2.05) is 24.3 Å².